The van der Waals surface area contributed by atoms with Crippen molar-refractivity contribution in [2.45, 2.75) is 49.7 Å². The molecule has 188 valence electrons. The summed E-state index contributed by atoms with van der Waals surface area (Å²) in [5.41, 5.74) is 3.46. The smallest absolute Gasteiger partial charge is 0.413 e. The number of carbonyl (C=O) groups excluding carboxylic acids is 1. The molecular weight excluding hydrogens is 521 g/mol. The van der Waals surface area contributed by atoms with E-state index in [1.807, 2.05) is 57.2 Å². The molecule has 37 heavy (non-hydrogen) atoms. The van der Waals surface area contributed by atoms with E-state index in [-0.39, 0.29) is 4.75 Å². The number of ether oxygens (including phenoxy) is 1. The fourth-order valence-corrected chi connectivity index (χ4v) is 8.62. The first-order chi connectivity index (χ1) is 17.6. The Balaban J connectivity index is 1.55. The first kappa shape index (κ1) is 24.5. The standard InChI is InChI=1S/C28H26N4O2S3/c1-26(2,3)34-25(33)32-24-29-18-19(35-24)21-28(5,37-23(31-21)17-14-10-7-11-15-17)27(4)20(18)30-22(36-27)16-12-8-6-9-13-16/h6-15H,1-5H3,(H,29,32,33). The normalized spacial score (nSPS) is 24.1. The van der Waals surface area contributed by atoms with Crippen LogP contribution in [0.25, 0.3) is 11.4 Å². The van der Waals surface area contributed by atoms with Gasteiger partial charge < -0.3 is 4.74 Å². The second-order valence-electron chi connectivity index (χ2n) is 10.4. The molecule has 9 heteroatoms. The average molecular weight is 547 g/mol. The Morgan fingerprint density at radius 3 is 1.89 bits per heavy atom. The Kier molecular flexibility index (Phi) is 5.67. The van der Waals surface area contributed by atoms with Gasteiger partial charge in [0, 0.05) is 11.1 Å². The van der Waals surface area contributed by atoms with Crippen LogP contribution in [-0.2, 0) is 4.74 Å². The van der Waals surface area contributed by atoms with E-state index >= 15 is 0 Å². The van der Waals surface area contributed by atoms with E-state index in [0.717, 1.165) is 42.5 Å². The number of amides is 1. The summed E-state index contributed by atoms with van der Waals surface area (Å²) in [6.45, 7) is 10.0. The second kappa shape index (κ2) is 8.58. The number of hydrogen-bond donors (Lipinski definition) is 1. The molecule has 1 aliphatic carbocycles. The summed E-state index contributed by atoms with van der Waals surface area (Å²) in [6, 6.07) is 20.5. The number of aliphatic imine (C=N–C) groups is 2. The number of hydrogen-bond acceptors (Lipinski definition) is 8. The van der Waals surface area contributed by atoms with Gasteiger partial charge in [0.2, 0.25) is 0 Å². The average Bonchev–Trinajstić information content (AvgIpc) is 3.53. The van der Waals surface area contributed by atoms with E-state index in [0.29, 0.717) is 5.13 Å². The Bertz CT molecular complexity index is 1500. The summed E-state index contributed by atoms with van der Waals surface area (Å²) in [4.78, 5) is 27.8. The molecule has 3 aliphatic rings. The maximum Gasteiger partial charge on any atom is 0.413 e. The van der Waals surface area contributed by atoms with Gasteiger partial charge in [-0.05, 0) is 34.6 Å². The SMILES string of the molecule is CC(C)(C)OC(=O)Nc1nc2c(s1)=C1N=C(c3ccccc3)SC1(C)C1(C)SC(c3ccccc3)=NC=21. The van der Waals surface area contributed by atoms with Crippen LogP contribution in [0.1, 0.15) is 45.7 Å². The van der Waals surface area contributed by atoms with Crippen LogP contribution in [0.15, 0.2) is 70.6 Å². The minimum absolute atomic E-state index is 0.388. The lowest BCUT2D eigenvalue weighted by Crippen LogP contribution is -2.53. The highest BCUT2D eigenvalue weighted by Gasteiger charge is 2.60. The van der Waals surface area contributed by atoms with Crippen LogP contribution >= 0.6 is 34.9 Å². The summed E-state index contributed by atoms with van der Waals surface area (Å²) < 4.78 is 5.62. The van der Waals surface area contributed by atoms with Gasteiger partial charge in [-0.2, -0.15) is 0 Å². The quantitative estimate of drug-likeness (QED) is 0.461. The fraction of sp³-hybridized carbons (Fsp3) is 0.286. The van der Waals surface area contributed by atoms with Crippen LogP contribution in [0.5, 0.6) is 0 Å². The van der Waals surface area contributed by atoms with Gasteiger partial charge in [-0.1, -0.05) is 95.5 Å². The van der Waals surface area contributed by atoms with Gasteiger partial charge in [0.05, 0.1) is 25.4 Å². The van der Waals surface area contributed by atoms with Crippen LogP contribution in [0.3, 0.4) is 0 Å². The van der Waals surface area contributed by atoms with Crippen molar-refractivity contribution in [3.8, 4) is 0 Å². The van der Waals surface area contributed by atoms with E-state index in [1.165, 1.54) is 11.3 Å². The number of thiazole rings is 1. The lowest BCUT2D eigenvalue weighted by atomic mass is 9.85. The zero-order valence-corrected chi connectivity index (χ0v) is 23.6. The number of anilines is 1. The predicted octanol–water partition coefficient (Wildman–Crippen LogP) is 5.62. The minimum atomic E-state index is -0.602. The number of benzene rings is 2. The third-order valence-corrected chi connectivity index (χ3v) is 10.7. The second-order valence-corrected chi connectivity index (χ2v) is 14.2. The lowest BCUT2D eigenvalue weighted by molar-refractivity contribution is 0.0636. The van der Waals surface area contributed by atoms with Gasteiger partial charge in [-0.25, -0.2) is 19.8 Å². The number of thioether (sulfide) groups is 2. The molecule has 3 aromatic rings. The Hall–Kier alpha value is -2.88. The molecule has 0 fully saturated rings. The molecule has 1 amide bonds. The molecule has 0 radical (unpaired) electrons. The van der Waals surface area contributed by atoms with Crippen LogP contribution in [0, 0.1) is 0 Å². The van der Waals surface area contributed by atoms with Crippen molar-refractivity contribution >= 4 is 67.6 Å². The molecule has 0 saturated carbocycles. The van der Waals surface area contributed by atoms with Gasteiger partial charge in [0.15, 0.2) is 5.13 Å². The van der Waals surface area contributed by atoms with E-state index in [9.17, 15) is 4.79 Å². The van der Waals surface area contributed by atoms with Crippen LogP contribution in [-0.4, -0.2) is 36.3 Å². The van der Waals surface area contributed by atoms with Gasteiger partial charge in [0.1, 0.15) is 21.0 Å². The van der Waals surface area contributed by atoms with Gasteiger partial charge in [-0.3, -0.25) is 5.32 Å². The summed E-state index contributed by atoms with van der Waals surface area (Å²) >= 11 is 4.98. The highest BCUT2D eigenvalue weighted by molar-refractivity contribution is 8.20. The lowest BCUT2D eigenvalue weighted by Gasteiger charge is -2.41. The van der Waals surface area contributed by atoms with E-state index in [4.69, 9.17) is 19.7 Å². The van der Waals surface area contributed by atoms with Crippen molar-refractivity contribution in [2.24, 2.45) is 9.98 Å². The summed E-state index contributed by atoms with van der Waals surface area (Å²) in [6.07, 6.45) is -0.525. The summed E-state index contributed by atoms with van der Waals surface area (Å²) in [7, 11) is 0. The Labute approximate surface area is 228 Å². The maximum absolute atomic E-state index is 12.6. The molecule has 1 N–H and O–H groups in total. The number of carbonyl (C=O) groups is 1. The number of nitrogens with zero attached hydrogens (tertiary/aromatic N) is 3. The molecule has 3 heterocycles. The van der Waals surface area contributed by atoms with E-state index < -0.39 is 16.4 Å². The fourth-order valence-electron chi connectivity index (χ4n) is 4.63. The number of rotatable bonds is 3. The van der Waals surface area contributed by atoms with Gasteiger partial charge >= 0.3 is 6.09 Å². The zero-order valence-electron chi connectivity index (χ0n) is 21.2. The first-order valence-electron chi connectivity index (χ1n) is 12.0. The van der Waals surface area contributed by atoms with Gasteiger partial charge in [-0.15, -0.1) is 0 Å². The van der Waals surface area contributed by atoms with E-state index in [2.05, 4.69) is 43.4 Å². The molecule has 1 aromatic heterocycles. The zero-order chi connectivity index (χ0) is 26.0. The van der Waals surface area contributed by atoms with Crippen molar-refractivity contribution in [3.05, 3.63) is 81.7 Å². The van der Waals surface area contributed by atoms with Crippen molar-refractivity contribution in [1.29, 1.82) is 0 Å². The van der Waals surface area contributed by atoms with Crippen molar-refractivity contribution in [2.75, 3.05) is 5.32 Å². The minimum Gasteiger partial charge on any atom is -0.444 e. The molecule has 0 saturated heterocycles. The number of aromatic nitrogens is 1. The van der Waals surface area contributed by atoms with Crippen molar-refractivity contribution in [1.82, 2.24) is 4.98 Å². The largest absolute Gasteiger partial charge is 0.444 e. The molecule has 2 atom stereocenters. The molecule has 0 spiro atoms. The third-order valence-electron chi connectivity index (χ3n) is 6.56. The molecule has 6 rings (SSSR count). The molecule has 2 unspecified atom stereocenters. The third kappa shape index (κ3) is 4.04. The molecule has 2 aliphatic heterocycles. The predicted molar refractivity (Wildman–Crippen MR) is 156 cm³/mol. The van der Waals surface area contributed by atoms with Crippen molar-refractivity contribution in [3.63, 3.8) is 0 Å². The molecular formula is C28H26N4O2S3. The molecule has 0 bridgehead atoms. The first-order valence-corrected chi connectivity index (χ1v) is 14.4. The van der Waals surface area contributed by atoms with Crippen molar-refractivity contribution < 1.29 is 9.53 Å². The maximum atomic E-state index is 12.6. The molecule has 6 nitrogen and oxygen atoms in total. The van der Waals surface area contributed by atoms with Crippen LogP contribution in [0.2, 0.25) is 0 Å². The highest BCUT2D eigenvalue weighted by atomic mass is 32.2. The van der Waals surface area contributed by atoms with E-state index in [1.54, 1.807) is 23.5 Å². The van der Waals surface area contributed by atoms with Crippen LogP contribution < -0.4 is 15.2 Å². The highest BCUT2D eigenvalue weighted by Crippen LogP contribution is 2.62. The van der Waals surface area contributed by atoms with Gasteiger partial charge in [0.25, 0.3) is 0 Å². The summed E-state index contributed by atoms with van der Waals surface area (Å²) in [5.74, 6) is 0. The molecule has 2 aromatic carbocycles. The Morgan fingerprint density at radius 2 is 1.35 bits per heavy atom. The number of nitrogens with one attached hydrogen (secondary N) is 1. The summed E-state index contributed by atoms with van der Waals surface area (Å²) in [5, 5.41) is 6.04. The van der Waals surface area contributed by atoms with Crippen LogP contribution in [0.4, 0.5) is 9.93 Å². The Morgan fingerprint density at radius 1 is 0.838 bits per heavy atom. The topological polar surface area (TPSA) is 75.9 Å². The monoisotopic (exact) mass is 546 g/mol. The number of fused-ring (bicyclic) bond motifs is 4.